The van der Waals surface area contributed by atoms with Gasteiger partial charge in [0.15, 0.2) is 0 Å². The maximum atomic E-state index is 9.78. The van der Waals surface area contributed by atoms with Crippen LogP contribution in [0.4, 0.5) is 0 Å². The fourth-order valence-electron chi connectivity index (χ4n) is 1.50. The number of nitriles is 1. The molecule has 17 heavy (non-hydrogen) atoms. The minimum Gasteiger partial charge on any atom is -0.496 e. The van der Waals surface area contributed by atoms with Crippen molar-refractivity contribution in [2.24, 2.45) is 0 Å². The molecule has 0 heterocycles. The van der Waals surface area contributed by atoms with Gasteiger partial charge in [-0.3, -0.25) is 0 Å². The molecule has 0 aliphatic heterocycles. The van der Waals surface area contributed by atoms with E-state index >= 15 is 0 Å². The SMILES string of the molecule is COc1cc(C(O)C(O)CC#N)ccc1CO. The molecule has 1 rings (SSSR count). The molecule has 0 spiro atoms. The van der Waals surface area contributed by atoms with E-state index in [9.17, 15) is 10.2 Å². The number of methoxy groups -OCH3 is 1. The molecule has 0 bridgehead atoms. The molecule has 0 saturated heterocycles. The van der Waals surface area contributed by atoms with Gasteiger partial charge >= 0.3 is 0 Å². The minimum absolute atomic E-state index is 0.148. The molecule has 5 nitrogen and oxygen atoms in total. The highest BCUT2D eigenvalue weighted by Gasteiger charge is 2.19. The van der Waals surface area contributed by atoms with Gasteiger partial charge in [-0.25, -0.2) is 0 Å². The van der Waals surface area contributed by atoms with E-state index in [4.69, 9.17) is 15.1 Å². The van der Waals surface area contributed by atoms with Crippen LogP contribution in [0.1, 0.15) is 23.7 Å². The Labute approximate surface area is 99.5 Å². The fourth-order valence-corrected chi connectivity index (χ4v) is 1.50. The van der Waals surface area contributed by atoms with Crippen LogP contribution >= 0.6 is 0 Å². The lowest BCUT2D eigenvalue weighted by atomic mass is 10.0. The van der Waals surface area contributed by atoms with E-state index in [0.717, 1.165) is 0 Å². The van der Waals surface area contributed by atoms with Crippen molar-refractivity contribution < 1.29 is 20.1 Å². The summed E-state index contributed by atoms with van der Waals surface area (Å²) < 4.78 is 5.05. The van der Waals surface area contributed by atoms with E-state index < -0.39 is 12.2 Å². The van der Waals surface area contributed by atoms with Crippen molar-refractivity contribution in [2.45, 2.75) is 25.2 Å². The first kappa shape index (κ1) is 13.5. The third-order valence-corrected chi connectivity index (χ3v) is 2.49. The number of benzene rings is 1. The summed E-state index contributed by atoms with van der Waals surface area (Å²) in [7, 11) is 1.45. The molecule has 0 aliphatic carbocycles. The fraction of sp³-hybridized carbons (Fsp3) is 0.417. The Kier molecular flexibility index (Phi) is 4.91. The van der Waals surface area contributed by atoms with Gasteiger partial charge in [-0.15, -0.1) is 0 Å². The van der Waals surface area contributed by atoms with Crippen LogP contribution in [0.5, 0.6) is 5.75 Å². The summed E-state index contributed by atoms with van der Waals surface area (Å²) in [5, 5.41) is 36.8. The summed E-state index contributed by atoms with van der Waals surface area (Å²) in [6.45, 7) is -0.166. The van der Waals surface area contributed by atoms with Gasteiger partial charge in [0.1, 0.15) is 11.9 Å². The number of hydrogen-bond acceptors (Lipinski definition) is 5. The van der Waals surface area contributed by atoms with Crippen LogP contribution in [-0.4, -0.2) is 28.5 Å². The molecule has 1 aromatic rings. The monoisotopic (exact) mass is 237 g/mol. The summed E-state index contributed by atoms with van der Waals surface area (Å²) in [6.07, 6.45) is -2.42. The van der Waals surface area contributed by atoms with Gasteiger partial charge in [-0.2, -0.15) is 5.26 Å². The molecule has 2 unspecified atom stereocenters. The van der Waals surface area contributed by atoms with E-state index in [-0.39, 0.29) is 13.0 Å². The van der Waals surface area contributed by atoms with Crippen molar-refractivity contribution >= 4 is 0 Å². The van der Waals surface area contributed by atoms with Gasteiger partial charge in [-0.05, 0) is 11.6 Å². The number of ether oxygens (including phenoxy) is 1. The first-order chi connectivity index (χ1) is 8.13. The molecule has 0 radical (unpaired) electrons. The second kappa shape index (κ2) is 6.21. The Morgan fingerprint density at radius 2 is 2.12 bits per heavy atom. The topological polar surface area (TPSA) is 93.7 Å². The highest BCUT2D eigenvalue weighted by Crippen LogP contribution is 2.26. The van der Waals surface area contributed by atoms with Crippen molar-refractivity contribution in [1.29, 1.82) is 5.26 Å². The van der Waals surface area contributed by atoms with Crippen LogP contribution in [0, 0.1) is 11.3 Å². The molecule has 0 amide bonds. The Hall–Kier alpha value is -1.61. The van der Waals surface area contributed by atoms with Gasteiger partial charge in [0.05, 0.1) is 32.3 Å². The lowest BCUT2D eigenvalue weighted by Gasteiger charge is -2.17. The number of aliphatic hydroxyl groups excluding tert-OH is 3. The van der Waals surface area contributed by atoms with Crippen LogP contribution in [0.2, 0.25) is 0 Å². The van der Waals surface area contributed by atoms with Crippen molar-refractivity contribution in [1.82, 2.24) is 0 Å². The molecule has 0 aliphatic rings. The van der Waals surface area contributed by atoms with Crippen LogP contribution < -0.4 is 4.74 Å². The molecule has 1 aromatic carbocycles. The van der Waals surface area contributed by atoms with Crippen LogP contribution in [-0.2, 0) is 6.61 Å². The lowest BCUT2D eigenvalue weighted by Crippen LogP contribution is -2.17. The Morgan fingerprint density at radius 3 is 2.65 bits per heavy atom. The van der Waals surface area contributed by atoms with Crippen LogP contribution in [0.3, 0.4) is 0 Å². The van der Waals surface area contributed by atoms with Gasteiger partial charge in [-0.1, -0.05) is 12.1 Å². The van der Waals surface area contributed by atoms with Crippen LogP contribution in [0.15, 0.2) is 18.2 Å². The zero-order valence-electron chi connectivity index (χ0n) is 9.50. The average molecular weight is 237 g/mol. The molecule has 0 aromatic heterocycles. The van der Waals surface area contributed by atoms with Crippen molar-refractivity contribution in [3.05, 3.63) is 29.3 Å². The Bertz CT molecular complexity index is 413. The zero-order valence-corrected chi connectivity index (χ0v) is 9.50. The number of aliphatic hydroxyl groups is 3. The Morgan fingerprint density at radius 1 is 1.41 bits per heavy atom. The van der Waals surface area contributed by atoms with Gasteiger partial charge in [0, 0.05) is 5.56 Å². The number of hydrogen-bond donors (Lipinski definition) is 3. The second-order valence-electron chi connectivity index (χ2n) is 3.60. The van der Waals surface area contributed by atoms with Gasteiger partial charge in [0.25, 0.3) is 0 Å². The normalized spacial score (nSPS) is 13.8. The maximum absolute atomic E-state index is 9.78. The lowest BCUT2D eigenvalue weighted by molar-refractivity contribution is 0.0215. The maximum Gasteiger partial charge on any atom is 0.124 e. The van der Waals surface area contributed by atoms with E-state index in [0.29, 0.717) is 16.9 Å². The molecule has 3 N–H and O–H groups in total. The molecule has 5 heteroatoms. The first-order valence-electron chi connectivity index (χ1n) is 5.14. The third-order valence-electron chi connectivity index (χ3n) is 2.49. The predicted molar refractivity (Wildman–Crippen MR) is 60.1 cm³/mol. The molecule has 0 fully saturated rings. The van der Waals surface area contributed by atoms with Crippen molar-refractivity contribution in [3.63, 3.8) is 0 Å². The summed E-state index contributed by atoms with van der Waals surface area (Å²) in [4.78, 5) is 0. The predicted octanol–water partition coefficient (Wildman–Crippen LogP) is 0.495. The average Bonchev–Trinajstić information content (AvgIpc) is 2.37. The highest BCUT2D eigenvalue weighted by molar-refractivity contribution is 5.38. The number of rotatable bonds is 5. The van der Waals surface area contributed by atoms with Gasteiger partial charge < -0.3 is 20.1 Å². The standard InChI is InChI=1S/C12H15NO4/c1-17-11-6-8(2-3-9(11)7-14)12(16)10(15)4-5-13/h2-3,6,10,12,14-16H,4,7H2,1H3. The summed E-state index contributed by atoms with van der Waals surface area (Å²) in [6, 6.07) is 6.52. The molecule has 2 atom stereocenters. The second-order valence-corrected chi connectivity index (χ2v) is 3.60. The van der Waals surface area contributed by atoms with Crippen molar-refractivity contribution in [3.8, 4) is 11.8 Å². The number of nitrogens with zero attached hydrogens (tertiary/aromatic N) is 1. The van der Waals surface area contributed by atoms with E-state index in [2.05, 4.69) is 0 Å². The smallest absolute Gasteiger partial charge is 0.124 e. The van der Waals surface area contributed by atoms with Gasteiger partial charge in [0.2, 0.25) is 0 Å². The zero-order chi connectivity index (χ0) is 12.8. The first-order valence-corrected chi connectivity index (χ1v) is 5.14. The summed E-state index contributed by atoms with van der Waals surface area (Å²) >= 11 is 0. The third kappa shape index (κ3) is 3.17. The molecule has 92 valence electrons. The van der Waals surface area contributed by atoms with Crippen LogP contribution in [0.25, 0.3) is 0 Å². The van der Waals surface area contributed by atoms with E-state index in [1.54, 1.807) is 18.2 Å². The molecule has 0 saturated carbocycles. The Balaban J connectivity index is 2.95. The minimum atomic E-state index is -1.14. The summed E-state index contributed by atoms with van der Waals surface area (Å²) in [5.41, 5.74) is 1.04. The summed E-state index contributed by atoms with van der Waals surface area (Å²) in [5.74, 6) is 0.438. The van der Waals surface area contributed by atoms with Crippen molar-refractivity contribution in [2.75, 3.05) is 7.11 Å². The largest absolute Gasteiger partial charge is 0.496 e. The molecular weight excluding hydrogens is 222 g/mol. The van der Waals surface area contributed by atoms with E-state index in [1.165, 1.54) is 13.2 Å². The highest BCUT2D eigenvalue weighted by atomic mass is 16.5. The quantitative estimate of drug-likeness (QED) is 0.693. The van der Waals surface area contributed by atoms with E-state index in [1.807, 2.05) is 0 Å². The molecular formula is C12H15NO4.